The van der Waals surface area contributed by atoms with Crippen LogP contribution in [0.5, 0.6) is 5.75 Å². The second kappa shape index (κ2) is 6.16. The molecule has 0 radical (unpaired) electrons. The Balaban J connectivity index is 2.29. The molecule has 0 unspecified atom stereocenters. The molecule has 106 valence electrons. The van der Waals surface area contributed by atoms with Gasteiger partial charge < -0.3 is 15.6 Å². The summed E-state index contributed by atoms with van der Waals surface area (Å²) in [7, 11) is 1.32. The predicted molar refractivity (Wildman–Crippen MR) is 70.8 cm³/mol. The molecule has 1 atom stereocenters. The minimum Gasteiger partial charge on any atom is -0.508 e. The maximum absolute atomic E-state index is 11.9. The summed E-state index contributed by atoms with van der Waals surface area (Å²) in [6.07, 6.45) is 1.90. The molecular weight excluding hydrogens is 260 g/mol. The highest BCUT2D eigenvalue weighted by atomic mass is 16.5. The van der Waals surface area contributed by atoms with E-state index in [2.05, 4.69) is 10.3 Å². The van der Waals surface area contributed by atoms with Crippen LogP contribution in [0.3, 0.4) is 0 Å². The number of carbonyl (C=O) groups is 1. The van der Waals surface area contributed by atoms with E-state index < -0.39 is 12.0 Å². The first kappa shape index (κ1) is 14.0. The largest absolute Gasteiger partial charge is 0.508 e. The molecule has 1 aromatic heterocycles. The van der Waals surface area contributed by atoms with Crippen LogP contribution in [0.1, 0.15) is 17.3 Å². The van der Waals surface area contributed by atoms with Gasteiger partial charge in [0.25, 0.3) is 0 Å². The third kappa shape index (κ3) is 2.94. The van der Waals surface area contributed by atoms with Gasteiger partial charge in [0.05, 0.1) is 19.0 Å². The van der Waals surface area contributed by atoms with E-state index in [0.717, 1.165) is 5.56 Å². The van der Waals surface area contributed by atoms with Crippen molar-refractivity contribution < 1.29 is 14.6 Å². The van der Waals surface area contributed by atoms with Gasteiger partial charge in [0.15, 0.2) is 6.04 Å². The number of methoxy groups -OCH3 is 1. The van der Waals surface area contributed by atoms with Gasteiger partial charge in [0.1, 0.15) is 5.75 Å². The van der Waals surface area contributed by atoms with Crippen LogP contribution in [0.15, 0.2) is 30.5 Å². The van der Waals surface area contributed by atoms with E-state index in [1.54, 1.807) is 24.3 Å². The van der Waals surface area contributed by atoms with Crippen LogP contribution >= 0.6 is 0 Å². The zero-order valence-electron chi connectivity index (χ0n) is 11.1. The van der Waals surface area contributed by atoms with Crippen molar-refractivity contribution in [2.45, 2.75) is 19.0 Å². The molecule has 0 saturated carbocycles. The summed E-state index contributed by atoms with van der Waals surface area (Å²) in [6, 6.07) is 5.98. The van der Waals surface area contributed by atoms with E-state index in [-0.39, 0.29) is 12.3 Å². The Morgan fingerprint density at radius 1 is 1.45 bits per heavy atom. The molecular formula is C13H16N4O3. The van der Waals surface area contributed by atoms with E-state index in [1.807, 2.05) is 0 Å². The molecule has 0 aliphatic rings. The van der Waals surface area contributed by atoms with Crippen LogP contribution in [-0.4, -0.2) is 33.2 Å². The number of carbonyl (C=O) groups excluding carboxylic acids is 1. The lowest BCUT2D eigenvalue weighted by molar-refractivity contribution is -0.145. The Morgan fingerprint density at radius 2 is 2.15 bits per heavy atom. The predicted octanol–water partition coefficient (Wildman–Crippen LogP) is 0.399. The average molecular weight is 276 g/mol. The third-order valence-electron chi connectivity index (χ3n) is 2.99. The maximum atomic E-state index is 11.9. The lowest BCUT2D eigenvalue weighted by atomic mass is 10.1. The molecule has 20 heavy (non-hydrogen) atoms. The first-order valence-corrected chi connectivity index (χ1v) is 6.10. The molecule has 2 aromatic rings. The Bertz CT molecular complexity index is 580. The monoisotopic (exact) mass is 276 g/mol. The highest BCUT2D eigenvalue weighted by Crippen LogP contribution is 2.19. The third-order valence-corrected chi connectivity index (χ3v) is 2.99. The summed E-state index contributed by atoms with van der Waals surface area (Å²) in [5, 5.41) is 17.0. The lowest BCUT2D eigenvalue weighted by Gasteiger charge is -2.16. The van der Waals surface area contributed by atoms with Gasteiger partial charge in [-0.25, -0.2) is 9.48 Å². The number of esters is 1. The van der Waals surface area contributed by atoms with Crippen molar-refractivity contribution in [3.05, 3.63) is 41.7 Å². The fourth-order valence-corrected chi connectivity index (χ4v) is 1.93. The molecule has 3 N–H and O–H groups in total. The average Bonchev–Trinajstić information content (AvgIpc) is 2.94. The van der Waals surface area contributed by atoms with Gasteiger partial charge in [-0.1, -0.05) is 17.3 Å². The van der Waals surface area contributed by atoms with Crippen molar-refractivity contribution >= 4 is 5.97 Å². The molecule has 1 heterocycles. The molecule has 0 saturated heterocycles. The van der Waals surface area contributed by atoms with Gasteiger partial charge in [-0.05, 0) is 17.7 Å². The van der Waals surface area contributed by atoms with Gasteiger partial charge in [-0.15, -0.1) is 5.10 Å². The molecule has 7 nitrogen and oxygen atoms in total. The zero-order chi connectivity index (χ0) is 14.5. The minimum atomic E-state index is -0.634. The molecule has 7 heteroatoms. The van der Waals surface area contributed by atoms with E-state index in [1.165, 1.54) is 18.0 Å². The highest BCUT2D eigenvalue weighted by molar-refractivity contribution is 5.74. The van der Waals surface area contributed by atoms with Gasteiger partial charge in [-0.3, -0.25) is 0 Å². The van der Waals surface area contributed by atoms with E-state index in [4.69, 9.17) is 10.5 Å². The zero-order valence-corrected chi connectivity index (χ0v) is 11.1. The smallest absolute Gasteiger partial charge is 0.331 e. The van der Waals surface area contributed by atoms with Crippen molar-refractivity contribution in [1.82, 2.24) is 15.0 Å². The number of nitrogens with zero attached hydrogens (tertiary/aromatic N) is 3. The Hall–Kier alpha value is -2.41. The van der Waals surface area contributed by atoms with Gasteiger partial charge in [0, 0.05) is 13.0 Å². The topological polar surface area (TPSA) is 103 Å². The standard InChI is InChI=1S/C13H16N4O3/c1-20-13(19)12(17-10(7-14)8-15-16-17)6-9-2-4-11(18)5-3-9/h2-5,8,12,18H,6-7,14H2,1H3/t12-/m0/s1. The number of rotatable bonds is 5. The normalized spacial score (nSPS) is 12.1. The van der Waals surface area contributed by atoms with Crippen LogP contribution in [0.4, 0.5) is 0 Å². The summed E-state index contributed by atoms with van der Waals surface area (Å²) in [5.41, 5.74) is 7.13. The van der Waals surface area contributed by atoms with Gasteiger partial charge in [-0.2, -0.15) is 0 Å². The van der Waals surface area contributed by atoms with Crippen LogP contribution in [0.2, 0.25) is 0 Å². The molecule has 2 rings (SSSR count). The quantitative estimate of drug-likeness (QED) is 0.766. The van der Waals surface area contributed by atoms with Crippen LogP contribution < -0.4 is 5.73 Å². The molecule has 0 aliphatic carbocycles. The van der Waals surface area contributed by atoms with Crippen molar-refractivity contribution in [1.29, 1.82) is 0 Å². The summed E-state index contributed by atoms with van der Waals surface area (Å²) >= 11 is 0. The van der Waals surface area contributed by atoms with E-state index >= 15 is 0 Å². The van der Waals surface area contributed by atoms with Crippen molar-refractivity contribution in [3.8, 4) is 5.75 Å². The number of phenolic OH excluding ortho intramolecular Hbond substituents is 1. The fraction of sp³-hybridized carbons (Fsp3) is 0.308. The SMILES string of the molecule is COC(=O)[C@H](Cc1ccc(O)cc1)n1nncc1CN. The minimum absolute atomic E-state index is 0.173. The number of benzene rings is 1. The van der Waals surface area contributed by atoms with E-state index in [9.17, 15) is 9.90 Å². The first-order valence-electron chi connectivity index (χ1n) is 6.10. The highest BCUT2D eigenvalue weighted by Gasteiger charge is 2.24. The first-order chi connectivity index (χ1) is 9.65. The van der Waals surface area contributed by atoms with Crippen LogP contribution in [0.25, 0.3) is 0 Å². The Labute approximate surface area is 116 Å². The molecule has 0 spiro atoms. The molecule has 1 aromatic carbocycles. The van der Waals surface area contributed by atoms with E-state index in [0.29, 0.717) is 12.1 Å². The van der Waals surface area contributed by atoms with Gasteiger partial charge >= 0.3 is 5.97 Å². The fourth-order valence-electron chi connectivity index (χ4n) is 1.93. The van der Waals surface area contributed by atoms with Crippen molar-refractivity contribution in [3.63, 3.8) is 0 Å². The maximum Gasteiger partial charge on any atom is 0.331 e. The van der Waals surface area contributed by atoms with Crippen LogP contribution in [0, 0.1) is 0 Å². The summed E-state index contributed by atoms with van der Waals surface area (Å²) in [5.74, 6) is -0.245. The lowest BCUT2D eigenvalue weighted by Crippen LogP contribution is -2.26. The summed E-state index contributed by atoms with van der Waals surface area (Å²) in [4.78, 5) is 11.9. The van der Waals surface area contributed by atoms with Gasteiger partial charge in [0.2, 0.25) is 0 Å². The number of hydrogen-bond acceptors (Lipinski definition) is 6. The number of ether oxygens (including phenoxy) is 1. The summed E-state index contributed by atoms with van der Waals surface area (Å²) < 4.78 is 6.28. The number of aromatic nitrogens is 3. The number of aromatic hydroxyl groups is 1. The molecule has 0 fully saturated rings. The van der Waals surface area contributed by atoms with Crippen molar-refractivity contribution in [2.75, 3.05) is 7.11 Å². The number of hydrogen-bond donors (Lipinski definition) is 2. The summed E-state index contributed by atoms with van der Waals surface area (Å²) in [6.45, 7) is 0.232. The van der Waals surface area contributed by atoms with Crippen molar-refractivity contribution in [2.24, 2.45) is 5.73 Å². The Morgan fingerprint density at radius 3 is 2.75 bits per heavy atom. The Kier molecular flexibility index (Phi) is 4.31. The number of phenols is 1. The molecule has 0 aliphatic heterocycles. The molecule has 0 bridgehead atoms. The molecule has 0 amide bonds. The number of nitrogens with two attached hydrogens (primary N) is 1. The van der Waals surface area contributed by atoms with Crippen LogP contribution in [-0.2, 0) is 22.5 Å². The second-order valence-corrected chi connectivity index (χ2v) is 4.28. The second-order valence-electron chi connectivity index (χ2n) is 4.28.